The quantitative estimate of drug-likeness (QED) is 0.538. The van der Waals surface area contributed by atoms with Crippen LogP contribution in [0.15, 0.2) is 24.3 Å². The largest absolute Gasteiger partial charge is 0.490 e. The number of carbonyl (C=O) groups is 1. The average molecular weight is 460 g/mol. The number of hydrogen-bond donors (Lipinski definition) is 0. The molecule has 1 aromatic rings. The lowest BCUT2D eigenvalue weighted by atomic mass is 9.93. The fraction of sp³-hybridized carbons (Fsp3) is 0.741. The number of benzene rings is 1. The molecule has 0 unspecified atom stereocenters. The maximum absolute atomic E-state index is 12.7. The van der Waals surface area contributed by atoms with E-state index < -0.39 is 5.60 Å². The summed E-state index contributed by atoms with van der Waals surface area (Å²) < 4.78 is 23.6. The number of nitrogens with zero attached hydrogens (tertiary/aromatic N) is 1. The van der Waals surface area contributed by atoms with Crippen molar-refractivity contribution in [2.75, 3.05) is 13.7 Å². The molecule has 1 aliphatic carbocycles. The molecule has 2 aliphatic heterocycles. The standard InChI is InChI=1S/C27H41NO5/c1-27(2,3)33-26(29)28-20-7-8-21(28)18-25(17-20)32-24-13-11-23(12-14-24)31-22-9-5-19(6-10-22)15-16-30-4/h5-6,9-10,20-21,23-25H,7-8,11-18H2,1-4H3/t20-,21+,23-,24-,25-. The SMILES string of the molecule is COCCc1ccc(O[C@H]2CC[C@H](O[C@@H]3C[C@H]4CC[C@@H](C3)N4C(=O)OC(C)(C)C)CC2)cc1. The molecule has 184 valence electrons. The topological polar surface area (TPSA) is 57.2 Å². The first kappa shape index (κ1) is 24.3. The second-order valence-corrected chi connectivity index (χ2v) is 10.9. The van der Waals surface area contributed by atoms with Crippen LogP contribution in [0.1, 0.15) is 77.7 Å². The molecule has 3 aliphatic rings. The minimum absolute atomic E-state index is 0.155. The van der Waals surface area contributed by atoms with E-state index in [2.05, 4.69) is 24.3 Å². The number of ether oxygens (including phenoxy) is 4. The molecular formula is C27H41NO5. The first-order valence-electron chi connectivity index (χ1n) is 12.7. The Kier molecular flexibility index (Phi) is 7.85. The van der Waals surface area contributed by atoms with Gasteiger partial charge in [-0.25, -0.2) is 4.79 Å². The van der Waals surface area contributed by atoms with Crippen molar-refractivity contribution in [1.82, 2.24) is 4.90 Å². The van der Waals surface area contributed by atoms with E-state index in [4.69, 9.17) is 18.9 Å². The summed E-state index contributed by atoms with van der Waals surface area (Å²) in [5.74, 6) is 0.951. The van der Waals surface area contributed by atoms with Crippen LogP contribution in [-0.2, 0) is 20.6 Å². The van der Waals surface area contributed by atoms with Gasteiger partial charge < -0.3 is 23.8 Å². The Morgan fingerprint density at radius 3 is 2.09 bits per heavy atom. The highest BCUT2D eigenvalue weighted by molar-refractivity contribution is 5.69. The predicted octanol–water partition coefficient (Wildman–Crippen LogP) is 5.51. The van der Waals surface area contributed by atoms with Crippen molar-refractivity contribution in [2.24, 2.45) is 0 Å². The molecule has 2 saturated heterocycles. The van der Waals surface area contributed by atoms with E-state index in [0.29, 0.717) is 6.10 Å². The Bertz CT molecular complexity index is 752. The molecule has 3 fully saturated rings. The molecule has 4 rings (SSSR count). The molecule has 0 spiro atoms. The molecule has 6 nitrogen and oxygen atoms in total. The van der Waals surface area contributed by atoms with Gasteiger partial charge in [-0.05, 0) is 96.3 Å². The van der Waals surface area contributed by atoms with Crippen LogP contribution in [0, 0.1) is 0 Å². The maximum Gasteiger partial charge on any atom is 0.410 e. The number of fused-ring (bicyclic) bond motifs is 2. The summed E-state index contributed by atoms with van der Waals surface area (Å²) in [7, 11) is 1.73. The van der Waals surface area contributed by atoms with Gasteiger partial charge in [0.15, 0.2) is 0 Å². The van der Waals surface area contributed by atoms with Crippen LogP contribution in [-0.4, -0.2) is 60.7 Å². The highest BCUT2D eigenvalue weighted by Gasteiger charge is 2.45. The molecule has 1 aromatic carbocycles. The van der Waals surface area contributed by atoms with Gasteiger partial charge in [0.2, 0.25) is 0 Å². The third-order valence-electron chi connectivity index (χ3n) is 7.12. The van der Waals surface area contributed by atoms with Crippen molar-refractivity contribution >= 4 is 6.09 Å². The van der Waals surface area contributed by atoms with Crippen molar-refractivity contribution in [3.8, 4) is 5.75 Å². The van der Waals surface area contributed by atoms with E-state index in [-0.39, 0.29) is 30.4 Å². The molecular weight excluding hydrogens is 418 g/mol. The summed E-state index contributed by atoms with van der Waals surface area (Å²) >= 11 is 0. The number of amides is 1. The third kappa shape index (κ3) is 6.63. The number of carbonyl (C=O) groups excluding carboxylic acids is 1. The Labute approximate surface area is 198 Å². The first-order chi connectivity index (χ1) is 15.8. The Hall–Kier alpha value is -1.79. The van der Waals surface area contributed by atoms with Gasteiger partial charge in [0.05, 0.1) is 24.9 Å². The van der Waals surface area contributed by atoms with Crippen molar-refractivity contribution in [2.45, 2.75) is 115 Å². The van der Waals surface area contributed by atoms with Crippen molar-refractivity contribution in [1.29, 1.82) is 0 Å². The molecule has 0 aromatic heterocycles. The van der Waals surface area contributed by atoms with E-state index in [9.17, 15) is 4.79 Å². The van der Waals surface area contributed by atoms with Crippen molar-refractivity contribution in [3.63, 3.8) is 0 Å². The van der Waals surface area contributed by atoms with E-state index in [1.165, 1.54) is 5.56 Å². The van der Waals surface area contributed by atoms with Gasteiger partial charge in [0.1, 0.15) is 11.4 Å². The molecule has 0 N–H and O–H groups in total. The smallest absolute Gasteiger partial charge is 0.410 e. The van der Waals surface area contributed by atoms with Gasteiger partial charge in [-0.3, -0.25) is 0 Å². The fourth-order valence-electron chi connectivity index (χ4n) is 5.56. The van der Waals surface area contributed by atoms with Crippen LogP contribution >= 0.6 is 0 Å². The summed E-state index contributed by atoms with van der Waals surface area (Å²) in [6.45, 7) is 6.54. The monoisotopic (exact) mass is 459 g/mol. The zero-order valence-electron chi connectivity index (χ0n) is 20.8. The highest BCUT2D eigenvalue weighted by Crippen LogP contribution is 2.39. The third-order valence-corrected chi connectivity index (χ3v) is 7.12. The summed E-state index contributed by atoms with van der Waals surface area (Å²) in [4.78, 5) is 14.7. The molecule has 2 bridgehead atoms. The first-order valence-corrected chi connectivity index (χ1v) is 12.7. The lowest BCUT2D eigenvalue weighted by Crippen LogP contribution is -2.50. The maximum atomic E-state index is 12.7. The molecule has 1 saturated carbocycles. The van der Waals surface area contributed by atoms with Gasteiger partial charge in [-0.1, -0.05) is 12.1 Å². The lowest BCUT2D eigenvalue weighted by Gasteiger charge is -2.41. The summed E-state index contributed by atoms with van der Waals surface area (Å²) in [5, 5.41) is 0. The van der Waals surface area contributed by atoms with Gasteiger partial charge in [-0.2, -0.15) is 0 Å². The lowest BCUT2D eigenvalue weighted by molar-refractivity contribution is -0.0812. The Morgan fingerprint density at radius 2 is 1.52 bits per heavy atom. The summed E-state index contributed by atoms with van der Waals surface area (Å²) in [5.41, 5.74) is 0.824. The second kappa shape index (κ2) is 10.6. The van der Waals surface area contributed by atoms with Gasteiger partial charge in [0, 0.05) is 19.2 Å². The molecule has 2 heterocycles. The molecule has 33 heavy (non-hydrogen) atoms. The van der Waals surface area contributed by atoms with E-state index >= 15 is 0 Å². The number of hydrogen-bond acceptors (Lipinski definition) is 5. The van der Waals surface area contributed by atoms with Crippen LogP contribution in [0.25, 0.3) is 0 Å². The summed E-state index contributed by atoms with van der Waals surface area (Å²) in [6.07, 6.45) is 9.72. The van der Waals surface area contributed by atoms with Crippen LogP contribution in [0.4, 0.5) is 4.79 Å². The molecule has 6 heteroatoms. The second-order valence-electron chi connectivity index (χ2n) is 10.9. The van der Waals surface area contributed by atoms with Crippen LogP contribution in [0.5, 0.6) is 5.75 Å². The van der Waals surface area contributed by atoms with Gasteiger partial charge in [0.25, 0.3) is 0 Å². The zero-order chi connectivity index (χ0) is 23.4. The highest BCUT2D eigenvalue weighted by atomic mass is 16.6. The van der Waals surface area contributed by atoms with Crippen LogP contribution < -0.4 is 4.74 Å². The van der Waals surface area contributed by atoms with E-state index in [1.807, 2.05) is 25.7 Å². The Morgan fingerprint density at radius 1 is 0.909 bits per heavy atom. The number of rotatable bonds is 7. The zero-order valence-corrected chi connectivity index (χ0v) is 20.8. The van der Waals surface area contributed by atoms with Gasteiger partial charge in [-0.15, -0.1) is 0 Å². The Balaban J connectivity index is 1.20. The molecule has 3 atom stereocenters. The number of methoxy groups -OCH3 is 1. The van der Waals surface area contributed by atoms with Crippen molar-refractivity contribution < 1.29 is 23.7 Å². The minimum atomic E-state index is -0.448. The molecule has 1 amide bonds. The minimum Gasteiger partial charge on any atom is -0.490 e. The molecule has 0 radical (unpaired) electrons. The average Bonchev–Trinajstić information content (AvgIpc) is 3.04. The van der Waals surface area contributed by atoms with E-state index in [1.54, 1.807) is 7.11 Å². The van der Waals surface area contributed by atoms with Crippen molar-refractivity contribution in [3.05, 3.63) is 29.8 Å². The predicted molar refractivity (Wildman–Crippen MR) is 128 cm³/mol. The van der Waals surface area contributed by atoms with Crippen LogP contribution in [0.2, 0.25) is 0 Å². The summed E-state index contributed by atoms with van der Waals surface area (Å²) in [6, 6.07) is 8.91. The van der Waals surface area contributed by atoms with Crippen LogP contribution in [0.3, 0.4) is 0 Å². The number of piperidine rings is 1. The van der Waals surface area contributed by atoms with Gasteiger partial charge >= 0.3 is 6.09 Å². The normalized spacial score (nSPS) is 29.7. The van der Waals surface area contributed by atoms with E-state index in [0.717, 1.165) is 70.1 Å². The fourth-order valence-corrected chi connectivity index (χ4v) is 5.56.